The lowest BCUT2D eigenvalue weighted by Crippen LogP contribution is -2.34. The Kier molecular flexibility index (Phi) is 4.99. The smallest absolute Gasteiger partial charge is 0.251 e. The van der Waals surface area contributed by atoms with Crippen molar-refractivity contribution in [1.82, 2.24) is 20.5 Å². The third kappa shape index (κ3) is 3.82. The first-order valence-electron chi connectivity index (χ1n) is 10.8. The first-order chi connectivity index (χ1) is 14.7. The lowest BCUT2D eigenvalue weighted by Gasteiger charge is -2.33. The zero-order chi connectivity index (χ0) is 20.5. The molecule has 2 aliphatic rings. The highest BCUT2D eigenvalue weighted by Crippen LogP contribution is 2.35. The summed E-state index contributed by atoms with van der Waals surface area (Å²) >= 11 is 0. The predicted molar refractivity (Wildman–Crippen MR) is 118 cm³/mol. The second-order valence-corrected chi connectivity index (χ2v) is 8.42. The van der Waals surface area contributed by atoms with Gasteiger partial charge in [-0.3, -0.25) is 9.89 Å². The van der Waals surface area contributed by atoms with Gasteiger partial charge in [0.25, 0.3) is 5.91 Å². The highest BCUT2D eigenvalue weighted by molar-refractivity contribution is 5.95. The molecule has 6 heteroatoms. The third-order valence-corrected chi connectivity index (χ3v) is 6.25. The number of aromatic amines is 1. The van der Waals surface area contributed by atoms with Gasteiger partial charge in [-0.15, -0.1) is 0 Å². The van der Waals surface area contributed by atoms with Crippen LogP contribution in [0.2, 0.25) is 0 Å². The molecule has 1 saturated heterocycles. The summed E-state index contributed by atoms with van der Waals surface area (Å²) in [6, 6.07) is 12.6. The van der Waals surface area contributed by atoms with Crippen LogP contribution in [0.5, 0.6) is 0 Å². The number of H-pyrrole nitrogens is 1. The molecular weight excluding hydrogens is 374 g/mol. The van der Waals surface area contributed by atoms with Crippen molar-refractivity contribution < 1.29 is 4.79 Å². The molecule has 1 amide bonds. The van der Waals surface area contributed by atoms with Crippen LogP contribution in [0.4, 0.5) is 5.82 Å². The summed E-state index contributed by atoms with van der Waals surface area (Å²) < 4.78 is 0. The maximum absolute atomic E-state index is 12.4. The van der Waals surface area contributed by atoms with E-state index in [0.717, 1.165) is 44.6 Å². The summed E-state index contributed by atoms with van der Waals surface area (Å²) in [6.07, 6.45) is 7.94. The van der Waals surface area contributed by atoms with Crippen LogP contribution in [0.25, 0.3) is 11.1 Å². The van der Waals surface area contributed by atoms with Crippen LogP contribution in [0.1, 0.15) is 53.2 Å². The zero-order valence-electron chi connectivity index (χ0n) is 17.3. The first-order valence-corrected chi connectivity index (χ1v) is 10.8. The Hall–Kier alpha value is -3.15. The van der Waals surface area contributed by atoms with Gasteiger partial charge in [0, 0.05) is 48.1 Å². The van der Waals surface area contributed by atoms with Crippen LogP contribution in [-0.2, 0) is 0 Å². The number of carbonyl (C=O) groups is 1. The Bertz CT molecular complexity index is 1050. The van der Waals surface area contributed by atoms with Gasteiger partial charge in [-0.2, -0.15) is 5.10 Å². The minimum absolute atomic E-state index is 0.0105. The summed E-state index contributed by atoms with van der Waals surface area (Å²) in [4.78, 5) is 19.2. The molecule has 6 nitrogen and oxygen atoms in total. The van der Waals surface area contributed by atoms with Crippen molar-refractivity contribution in [3.05, 3.63) is 65.6 Å². The molecule has 1 aromatic carbocycles. The van der Waals surface area contributed by atoms with Crippen molar-refractivity contribution in [3.63, 3.8) is 0 Å². The molecule has 5 rings (SSSR count). The normalized spacial score (nSPS) is 17.2. The van der Waals surface area contributed by atoms with Crippen molar-refractivity contribution >= 4 is 11.7 Å². The largest absolute Gasteiger partial charge is 0.357 e. The lowest BCUT2D eigenvalue weighted by atomic mass is 9.88. The number of nitrogens with zero attached hydrogens (tertiary/aromatic N) is 3. The zero-order valence-corrected chi connectivity index (χ0v) is 17.3. The molecule has 0 bridgehead atoms. The SMILES string of the molecule is Cc1ccccc1-c1cn[nH]c1C1CCN(c2cc(C(=O)NC3CC3)ccn2)CC1. The average molecular weight is 402 g/mol. The van der Waals surface area contributed by atoms with E-state index in [2.05, 4.69) is 56.6 Å². The highest BCUT2D eigenvalue weighted by atomic mass is 16.1. The van der Waals surface area contributed by atoms with Crippen LogP contribution in [0, 0.1) is 6.92 Å². The average Bonchev–Trinajstić information content (AvgIpc) is 3.46. The van der Waals surface area contributed by atoms with Gasteiger partial charge in [0.1, 0.15) is 5.82 Å². The minimum Gasteiger partial charge on any atom is -0.357 e. The Morgan fingerprint density at radius 1 is 1.10 bits per heavy atom. The van der Waals surface area contributed by atoms with Crippen LogP contribution in [0.3, 0.4) is 0 Å². The molecule has 0 spiro atoms. The number of benzene rings is 1. The van der Waals surface area contributed by atoms with Crippen molar-refractivity contribution in [2.24, 2.45) is 0 Å². The van der Waals surface area contributed by atoms with Gasteiger partial charge in [-0.1, -0.05) is 24.3 Å². The number of hydrogen-bond donors (Lipinski definition) is 2. The van der Waals surface area contributed by atoms with Crippen LogP contribution >= 0.6 is 0 Å². The van der Waals surface area contributed by atoms with E-state index in [9.17, 15) is 4.79 Å². The van der Waals surface area contributed by atoms with Gasteiger partial charge in [-0.25, -0.2) is 4.98 Å². The van der Waals surface area contributed by atoms with Crippen molar-refractivity contribution in [3.8, 4) is 11.1 Å². The van der Waals surface area contributed by atoms with Crippen LogP contribution in [0.15, 0.2) is 48.8 Å². The molecule has 1 aliphatic heterocycles. The highest BCUT2D eigenvalue weighted by Gasteiger charge is 2.27. The van der Waals surface area contributed by atoms with Crippen molar-refractivity contribution in [2.45, 2.75) is 44.6 Å². The predicted octanol–water partition coefficient (Wildman–Crippen LogP) is 4.06. The molecule has 0 radical (unpaired) electrons. The maximum Gasteiger partial charge on any atom is 0.251 e. The van der Waals surface area contributed by atoms with Gasteiger partial charge in [0.15, 0.2) is 0 Å². The number of aryl methyl sites for hydroxylation is 1. The number of anilines is 1. The molecule has 3 heterocycles. The number of carbonyl (C=O) groups excluding carboxylic acids is 1. The summed E-state index contributed by atoms with van der Waals surface area (Å²) in [7, 11) is 0. The van der Waals surface area contributed by atoms with E-state index in [0.29, 0.717) is 17.5 Å². The monoisotopic (exact) mass is 401 g/mol. The number of hydrogen-bond acceptors (Lipinski definition) is 4. The molecule has 0 unspecified atom stereocenters. The molecule has 0 atom stereocenters. The van der Waals surface area contributed by atoms with Gasteiger partial charge in [0.2, 0.25) is 0 Å². The Labute approximate surface area is 176 Å². The van der Waals surface area contributed by atoms with E-state index in [1.165, 1.54) is 22.4 Å². The molecule has 154 valence electrons. The molecule has 30 heavy (non-hydrogen) atoms. The quantitative estimate of drug-likeness (QED) is 0.676. The number of rotatable bonds is 5. The minimum atomic E-state index is 0.0105. The topological polar surface area (TPSA) is 73.9 Å². The van der Waals surface area contributed by atoms with Crippen molar-refractivity contribution in [1.29, 1.82) is 0 Å². The van der Waals surface area contributed by atoms with Gasteiger partial charge in [-0.05, 0) is 55.9 Å². The number of amides is 1. The standard InChI is InChI=1S/C24H27N5O/c1-16-4-2-3-5-20(16)21-15-26-28-23(21)17-9-12-29(13-10-17)22-14-18(8-11-25-22)24(30)27-19-6-7-19/h2-5,8,11,14-15,17,19H,6-7,9-10,12-13H2,1H3,(H,26,28)(H,27,30). The van der Waals surface area contributed by atoms with Crippen LogP contribution < -0.4 is 10.2 Å². The number of pyridine rings is 1. The molecule has 3 aromatic rings. The fourth-order valence-electron chi connectivity index (χ4n) is 4.32. The van der Waals surface area contributed by atoms with Crippen molar-refractivity contribution in [2.75, 3.05) is 18.0 Å². The molecule has 1 aliphatic carbocycles. The Morgan fingerprint density at radius 2 is 1.90 bits per heavy atom. The number of aromatic nitrogens is 3. The van der Waals surface area contributed by atoms with E-state index in [4.69, 9.17) is 0 Å². The van der Waals surface area contributed by atoms with E-state index < -0.39 is 0 Å². The summed E-state index contributed by atoms with van der Waals surface area (Å²) in [6.45, 7) is 3.97. The maximum atomic E-state index is 12.4. The molecule has 2 N–H and O–H groups in total. The van der Waals surface area contributed by atoms with Gasteiger partial charge in [0.05, 0.1) is 6.20 Å². The molecular formula is C24H27N5O. The van der Waals surface area contributed by atoms with Gasteiger partial charge < -0.3 is 10.2 Å². The third-order valence-electron chi connectivity index (χ3n) is 6.25. The first kappa shape index (κ1) is 18.9. The fourth-order valence-corrected chi connectivity index (χ4v) is 4.32. The molecule has 2 fully saturated rings. The lowest BCUT2D eigenvalue weighted by molar-refractivity contribution is 0.0951. The van der Waals surface area contributed by atoms with Crippen LogP contribution in [-0.4, -0.2) is 40.2 Å². The van der Waals surface area contributed by atoms with E-state index in [1.54, 1.807) is 12.3 Å². The summed E-state index contributed by atoms with van der Waals surface area (Å²) in [5.74, 6) is 1.34. The van der Waals surface area contributed by atoms with E-state index in [-0.39, 0.29) is 5.91 Å². The second kappa shape index (κ2) is 7.94. The Balaban J connectivity index is 1.28. The van der Waals surface area contributed by atoms with E-state index in [1.807, 2.05) is 12.3 Å². The summed E-state index contributed by atoms with van der Waals surface area (Å²) in [5.41, 5.74) is 5.66. The summed E-state index contributed by atoms with van der Waals surface area (Å²) in [5, 5.41) is 10.7. The molecule has 2 aromatic heterocycles. The number of piperidine rings is 1. The van der Waals surface area contributed by atoms with Gasteiger partial charge >= 0.3 is 0 Å². The molecule has 1 saturated carbocycles. The Morgan fingerprint density at radius 3 is 2.67 bits per heavy atom. The second-order valence-electron chi connectivity index (χ2n) is 8.42. The fraction of sp³-hybridized carbons (Fsp3) is 0.375. The van der Waals surface area contributed by atoms with E-state index >= 15 is 0 Å². The number of nitrogens with one attached hydrogen (secondary N) is 2.